The second kappa shape index (κ2) is 5.43. The van der Waals surface area contributed by atoms with Gasteiger partial charge in [0.05, 0.1) is 0 Å². The molecule has 1 aliphatic heterocycles. The van der Waals surface area contributed by atoms with Crippen molar-refractivity contribution < 1.29 is 14.3 Å². The summed E-state index contributed by atoms with van der Waals surface area (Å²) in [7, 11) is 0. The smallest absolute Gasteiger partial charge is 0.246 e. The van der Waals surface area contributed by atoms with Crippen molar-refractivity contribution >= 4 is 5.91 Å². The van der Waals surface area contributed by atoms with Gasteiger partial charge in [-0.2, -0.15) is 0 Å². The van der Waals surface area contributed by atoms with E-state index in [0.29, 0.717) is 6.54 Å². The van der Waals surface area contributed by atoms with Gasteiger partial charge < -0.3 is 14.4 Å². The number of amides is 1. The number of nitrogens with zero attached hydrogens (tertiary/aromatic N) is 1. The van der Waals surface area contributed by atoms with E-state index in [1.54, 1.807) is 0 Å². The van der Waals surface area contributed by atoms with Gasteiger partial charge in [-0.05, 0) is 43.5 Å². The molecule has 0 spiro atoms. The highest BCUT2D eigenvalue weighted by Gasteiger charge is 2.37. The molecule has 0 atom stereocenters. The fraction of sp³-hybridized carbons (Fsp3) is 0.471. The van der Waals surface area contributed by atoms with E-state index in [2.05, 4.69) is 13.5 Å². The van der Waals surface area contributed by atoms with Crippen LogP contribution in [0.25, 0.3) is 0 Å². The highest BCUT2D eigenvalue weighted by Crippen LogP contribution is 2.37. The number of carbonyl (C=O) groups is 1. The van der Waals surface area contributed by atoms with Crippen LogP contribution in [0.5, 0.6) is 11.5 Å². The largest absolute Gasteiger partial charge is 0.454 e. The highest BCUT2D eigenvalue weighted by molar-refractivity contribution is 5.87. The first kappa shape index (κ1) is 14.0. The SMILES string of the molecule is C=CC(=O)N(Cc1ccc2c(c1)OCO2)C1(C)CCCC1. The quantitative estimate of drug-likeness (QED) is 0.798. The third-order valence-electron chi connectivity index (χ3n) is 4.55. The molecule has 0 aromatic heterocycles. The number of ether oxygens (including phenoxy) is 2. The van der Waals surface area contributed by atoms with Crippen LogP contribution in [-0.2, 0) is 11.3 Å². The maximum atomic E-state index is 12.3. The minimum atomic E-state index is -0.0678. The molecule has 4 heteroatoms. The Bertz CT molecular complexity index is 561. The molecule has 1 aromatic carbocycles. The average molecular weight is 287 g/mol. The standard InChI is InChI=1S/C17H21NO3/c1-3-16(19)18(17(2)8-4-5-9-17)11-13-6-7-14-15(10-13)21-12-20-14/h3,6-7,10H,1,4-5,8-9,11-12H2,2H3. The average Bonchev–Trinajstić information content (AvgIpc) is 3.12. The van der Waals surface area contributed by atoms with E-state index < -0.39 is 0 Å². The lowest BCUT2D eigenvalue weighted by atomic mass is 9.96. The number of rotatable bonds is 4. The molecule has 0 N–H and O–H groups in total. The van der Waals surface area contributed by atoms with Crippen LogP contribution in [0.1, 0.15) is 38.2 Å². The molecule has 2 aliphatic rings. The Kier molecular flexibility index (Phi) is 3.62. The Morgan fingerprint density at radius 2 is 2.05 bits per heavy atom. The molecular weight excluding hydrogens is 266 g/mol. The van der Waals surface area contributed by atoms with E-state index in [-0.39, 0.29) is 18.2 Å². The molecule has 0 bridgehead atoms. The van der Waals surface area contributed by atoms with Crippen molar-refractivity contribution in [1.29, 1.82) is 0 Å². The fourth-order valence-electron chi connectivity index (χ4n) is 3.27. The predicted octanol–water partition coefficient (Wildman–Crippen LogP) is 3.26. The first-order chi connectivity index (χ1) is 10.1. The zero-order chi connectivity index (χ0) is 14.9. The van der Waals surface area contributed by atoms with Gasteiger partial charge in [-0.15, -0.1) is 0 Å². The summed E-state index contributed by atoms with van der Waals surface area (Å²) in [5.41, 5.74) is 0.990. The molecule has 0 saturated heterocycles. The number of carbonyl (C=O) groups excluding carboxylic acids is 1. The number of benzene rings is 1. The van der Waals surface area contributed by atoms with Crippen LogP contribution in [0, 0.1) is 0 Å². The summed E-state index contributed by atoms with van der Waals surface area (Å²) in [5, 5.41) is 0. The molecule has 1 aromatic rings. The van der Waals surface area contributed by atoms with Crippen molar-refractivity contribution in [3.05, 3.63) is 36.4 Å². The van der Waals surface area contributed by atoms with Crippen LogP contribution >= 0.6 is 0 Å². The number of hydrogen-bond donors (Lipinski definition) is 0. The van der Waals surface area contributed by atoms with E-state index in [0.717, 1.165) is 29.9 Å². The zero-order valence-electron chi connectivity index (χ0n) is 12.4. The molecule has 1 saturated carbocycles. The van der Waals surface area contributed by atoms with Gasteiger partial charge in [-0.25, -0.2) is 0 Å². The van der Waals surface area contributed by atoms with Crippen LogP contribution in [0.3, 0.4) is 0 Å². The first-order valence-electron chi connectivity index (χ1n) is 7.45. The lowest BCUT2D eigenvalue weighted by Crippen LogP contribution is -2.46. The second-order valence-corrected chi connectivity index (χ2v) is 6.02. The van der Waals surface area contributed by atoms with Crippen LogP contribution in [0.2, 0.25) is 0 Å². The van der Waals surface area contributed by atoms with Crippen molar-refractivity contribution in [1.82, 2.24) is 4.90 Å². The lowest BCUT2D eigenvalue weighted by molar-refractivity contribution is -0.132. The van der Waals surface area contributed by atoms with Crippen molar-refractivity contribution in [2.45, 2.75) is 44.7 Å². The molecule has 1 heterocycles. The molecule has 4 nitrogen and oxygen atoms in total. The summed E-state index contributed by atoms with van der Waals surface area (Å²) in [6.07, 6.45) is 5.88. The predicted molar refractivity (Wildman–Crippen MR) is 80.2 cm³/mol. The van der Waals surface area contributed by atoms with Gasteiger partial charge in [0.2, 0.25) is 12.7 Å². The molecule has 1 aliphatic carbocycles. The van der Waals surface area contributed by atoms with Crippen LogP contribution in [0.15, 0.2) is 30.9 Å². The third kappa shape index (κ3) is 2.62. The maximum absolute atomic E-state index is 12.3. The zero-order valence-corrected chi connectivity index (χ0v) is 12.4. The van der Waals surface area contributed by atoms with Crippen LogP contribution in [0.4, 0.5) is 0 Å². The Hall–Kier alpha value is -1.97. The van der Waals surface area contributed by atoms with Gasteiger partial charge in [-0.3, -0.25) is 4.79 Å². The minimum Gasteiger partial charge on any atom is -0.454 e. The monoisotopic (exact) mass is 287 g/mol. The number of hydrogen-bond acceptors (Lipinski definition) is 3. The Morgan fingerprint density at radius 3 is 2.76 bits per heavy atom. The Balaban J connectivity index is 1.84. The summed E-state index contributed by atoms with van der Waals surface area (Å²) in [6.45, 7) is 6.67. The van der Waals surface area contributed by atoms with Crippen LogP contribution < -0.4 is 9.47 Å². The van der Waals surface area contributed by atoms with E-state index in [1.165, 1.54) is 18.9 Å². The molecule has 1 amide bonds. The van der Waals surface area contributed by atoms with Gasteiger partial charge in [0.1, 0.15) is 0 Å². The number of fused-ring (bicyclic) bond motifs is 1. The van der Waals surface area contributed by atoms with Crippen LogP contribution in [-0.4, -0.2) is 23.1 Å². The highest BCUT2D eigenvalue weighted by atomic mass is 16.7. The Morgan fingerprint density at radius 1 is 1.33 bits per heavy atom. The van der Waals surface area contributed by atoms with E-state index in [4.69, 9.17) is 9.47 Å². The van der Waals surface area contributed by atoms with Crippen molar-refractivity contribution in [2.24, 2.45) is 0 Å². The summed E-state index contributed by atoms with van der Waals surface area (Å²) >= 11 is 0. The molecule has 1 fully saturated rings. The summed E-state index contributed by atoms with van der Waals surface area (Å²) in [6, 6.07) is 5.87. The minimum absolute atomic E-state index is 0.00272. The molecule has 112 valence electrons. The molecule has 21 heavy (non-hydrogen) atoms. The lowest BCUT2D eigenvalue weighted by Gasteiger charge is -2.38. The molecule has 3 rings (SSSR count). The van der Waals surface area contributed by atoms with Crippen molar-refractivity contribution in [3.63, 3.8) is 0 Å². The molecular formula is C17H21NO3. The summed E-state index contributed by atoms with van der Waals surface area (Å²) < 4.78 is 10.7. The normalized spacial score (nSPS) is 18.5. The van der Waals surface area contributed by atoms with Gasteiger partial charge in [0.15, 0.2) is 11.5 Å². The van der Waals surface area contributed by atoms with Crippen molar-refractivity contribution in [2.75, 3.05) is 6.79 Å². The Labute approximate surface area is 125 Å². The van der Waals surface area contributed by atoms with E-state index >= 15 is 0 Å². The molecule has 0 radical (unpaired) electrons. The van der Waals surface area contributed by atoms with Gasteiger partial charge in [-0.1, -0.05) is 25.5 Å². The second-order valence-electron chi connectivity index (χ2n) is 6.02. The van der Waals surface area contributed by atoms with E-state index in [9.17, 15) is 4.79 Å². The van der Waals surface area contributed by atoms with E-state index in [1.807, 2.05) is 23.1 Å². The third-order valence-corrected chi connectivity index (χ3v) is 4.55. The van der Waals surface area contributed by atoms with Crippen molar-refractivity contribution in [3.8, 4) is 11.5 Å². The summed E-state index contributed by atoms with van der Waals surface area (Å²) in [5.74, 6) is 1.53. The van der Waals surface area contributed by atoms with Gasteiger partial charge in [0, 0.05) is 12.1 Å². The first-order valence-corrected chi connectivity index (χ1v) is 7.45. The maximum Gasteiger partial charge on any atom is 0.246 e. The summed E-state index contributed by atoms with van der Waals surface area (Å²) in [4.78, 5) is 14.2. The topological polar surface area (TPSA) is 38.8 Å². The fourth-order valence-corrected chi connectivity index (χ4v) is 3.27. The molecule has 0 unspecified atom stereocenters. The van der Waals surface area contributed by atoms with Gasteiger partial charge >= 0.3 is 0 Å². The van der Waals surface area contributed by atoms with Gasteiger partial charge in [0.25, 0.3) is 0 Å².